The van der Waals surface area contributed by atoms with Gasteiger partial charge < -0.3 is 10.1 Å². The molecule has 0 heterocycles. The lowest BCUT2D eigenvalue weighted by molar-refractivity contribution is 0.401. The van der Waals surface area contributed by atoms with Crippen LogP contribution in [0.3, 0.4) is 0 Å². The molecule has 0 radical (unpaired) electrons. The van der Waals surface area contributed by atoms with E-state index in [0.717, 1.165) is 15.6 Å². The molecule has 2 rings (SSSR count). The Kier molecular flexibility index (Phi) is 5.66. The molecular formula is C15H13Br2ClFNO. The van der Waals surface area contributed by atoms with E-state index >= 15 is 0 Å². The number of ether oxygens (including phenoxy) is 1. The molecule has 0 aliphatic rings. The monoisotopic (exact) mass is 435 g/mol. The maximum Gasteiger partial charge on any atom is 0.141 e. The van der Waals surface area contributed by atoms with Crippen LogP contribution in [-0.2, 0) is 0 Å². The van der Waals surface area contributed by atoms with Gasteiger partial charge in [0.05, 0.1) is 17.6 Å². The molecule has 0 bridgehead atoms. The fourth-order valence-electron chi connectivity index (χ4n) is 2.19. The Labute approximate surface area is 144 Å². The summed E-state index contributed by atoms with van der Waals surface area (Å²) in [7, 11) is 3.35. The molecule has 0 saturated heterocycles. The van der Waals surface area contributed by atoms with E-state index in [4.69, 9.17) is 16.3 Å². The molecule has 2 aromatic carbocycles. The molecule has 0 saturated carbocycles. The number of methoxy groups -OCH3 is 1. The molecule has 1 atom stereocenters. The van der Waals surface area contributed by atoms with Gasteiger partial charge in [-0.05, 0) is 52.8 Å². The van der Waals surface area contributed by atoms with Crippen molar-refractivity contribution in [3.63, 3.8) is 0 Å². The van der Waals surface area contributed by atoms with Gasteiger partial charge in [-0.3, -0.25) is 0 Å². The lowest BCUT2D eigenvalue weighted by atomic mass is 9.98. The number of rotatable bonds is 4. The summed E-state index contributed by atoms with van der Waals surface area (Å²) in [5.41, 5.74) is 1.77. The smallest absolute Gasteiger partial charge is 0.141 e. The van der Waals surface area contributed by atoms with Crippen molar-refractivity contribution < 1.29 is 9.13 Å². The van der Waals surface area contributed by atoms with Gasteiger partial charge in [0.2, 0.25) is 0 Å². The highest BCUT2D eigenvalue weighted by Gasteiger charge is 2.19. The molecule has 0 amide bonds. The quantitative estimate of drug-likeness (QED) is 0.699. The molecule has 1 unspecified atom stereocenters. The van der Waals surface area contributed by atoms with Gasteiger partial charge >= 0.3 is 0 Å². The summed E-state index contributed by atoms with van der Waals surface area (Å²) in [6.07, 6.45) is 0. The highest BCUT2D eigenvalue weighted by Crippen LogP contribution is 2.35. The zero-order valence-electron chi connectivity index (χ0n) is 11.4. The van der Waals surface area contributed by atoms with E-state index < -0.39 is 0 Å². The highest BCUT2D eigenvalue weighted by atomic mass is 79.9. The van der Waals surface area contributed by atoms with E-state index in [1.165, 1.54) is 13.2 Å². The second-order valence-electron chi connectivity index (χ2n) is 4.43. The van der Waals surface area contributed by atoms with Crippen LogP contribution >= 0.6 is 43.5 Å². The summed E-state index contributed by atoms with van der Waals surface area (Å²) in [4.78, 5) is 0. The van der Waals surface area contributed by atoms with Gasteiger partial charge in [0.15, 0.2) is 0 Å². The van der Waals surface area contributed by atoms with Crippen molar-refractivity contribution in [2.75, 3.05) is 14.2 Å². The maximum absolute atomic E-state index is 13.7. The zero-order valence-corrected chi connectivity index (χ0v) is 15.3. The number of hydrogen-bond donors (Lipinski definition) is 1. The van der Waals surface area contributed by atoms with Gasteiger partial charge in [-0.15, -0.1) is 0 Å². The Bertz CT molecular complexity index is 646. The zero-order chi connectivity index (χ0) is 15.6. The van der Waals surface area contributed by atoms with Gasteiger partial charge in [0.1, 0.15) is 11.6 Å². The predicted molar refractivity (Wildman–Crippen MR) is 90.7 cm³/mol. The fraction of sp³-hybridized carbons (Fsp3) is 0.200. The Morgan fingerprint density at radius 2 is 1.90 bits per heavy atom. The van der Waals surface area contributed by atoms with Crippen LogP contribution in [0.2, 0.25) is 5.02 Å². The van der Waals surface area contributed by atoms with Crippen LogP contribution in [0, 0.1) is 5.82 Å². The van der Waals surface area contributed by atoms with E-state index in [9.17, 15) is 4.39 Å². The number of benzene rings is 2. The molecule has 112 valence electrons. The average molecular weight is 438 g/mol. The minimum atomic E-state index is -0.363. The van der Waals surface area contributed by atoms with E-state index in [-0.39, 0.29) is 11.9 Å². The van der Waals surface area contributed by atoms with E-state index in [0.29, 0.717) is 15.2 Å². The topological polar surface area (TPSA) is 21.3 Å². The molecule has 0 spiro atoms. The molecule has 2 aromatic rings. The molecule has 21 heavy (non-hydrogen) atoms. The number of halogens is 4. The lowest BCUT2D eigenvalue weighted by Crippen LogP contribution is -2.18. The van der Waals surface area contributed by atoms with Crippen LogP contribution in [0.1, 0.15) is 17.2 Å². The third kappa shape index (κ3) is 3.77. The summed E-state index contributed by atoms with van der Waals surface area (Å²) < 4.78 is 20.2. The van der Waals surface area contributed by atoms with Gasteiger partial charge in [-0.25, -0.2) is 4.39 Å². The average Bonchev–Trinajstić information content (AvgIpc) is 2.42. The van der Waals surface area contributed by atoms with Crippen molar-refractivity contribution in [1.82, 2.24) is 5.32 Å². The molecule has 2 nitrogen and oxygen atoms in total. The summed E-state index contributed by atoms with van der Waals surface area (Å²) in [5, 5.41) is 3.83. The largest absolute Gasteiger partial charge is 0.496 e. The highest BCUT2D eigenvalue weighted by molar-refractivity contribution is 9.10. The van der Waals surface area contributed by atoms with Crippen LogP contribution in [0.5, 0.6) is 5.75 Å². The van der Waals surface area contributed by atoms with Crippen molar-refractivity contribution >= 4 is 43.5 Å². The third-order valence-corrected chi connectivity index (χ3v) is 4.37. The normalized spacial score (nSPS) is 12.3. The minimum absolute atomic E-state index is 0.174. The van der Waals surface area contributed by atoms with Crippen LogP contribution in [0.25, 0.3) is 0 Å². The first-order valence-corrected chi connectivity index (χ1v) is 8.09. The van der Waals surface area contributed by atoms with E-state index in [1.54, 1.807) is 6.07 Å². The molecular weight excluding hydrogens is 424 g/mol. The summed E-state index contributed by atoms with van der Waals surface area (Å²) in [5.74, 6) is 0.115. The van der Waals surface area contributed by atoms with Gasteiger partial charge in [0.25, 0.3) is 0 Å². The van der Waals surface area contributed by atoms with Crippen molar-refractivity contribution in [3.8, 4) is 5.75 Å². The molecule has 6 heteroatoms. The Morgan fingerprint density at radius 1 is 1.19 bits per heavy atom. The van der Waals surface area contributed by atoms with Crippen LogP contribution in [-0.4, -0.2) is 14.2 Å². The van der Waals surface area contributed by atoms with Gasteiger partial charge in [-0.2, -0.15) is 0 Å². The number of hydrogen-bond acceptors (Lipinski definition) is 2. The summed E-state index contributed by atoms with van der Waals surface area (Å²) in [6.45, 7) is 0. The molecule has 1 N–H and O–H groups in total. The van der Waals surface area contributed by atoms with E-state index in [1.807, 2.05) is 25.2 Å². The van der Waals surface area contributed by atoms with E-state index in [2.05, 4.69) is 37.2 Å². The number of nitrogens with one attached hydrogen (secondary N) is 1. The molecule has 0 fully saturated rings. The SMILES string of the molecule is CNC(c1cc(Cl)cc(Br)c1)c1cc(Br)c(F)cc1OC. The fourth-order valence-corrected chi connectivity index (χ4v) is 3.44. The first-order chi connectivity index (χ1) is 9.96. The standard InChI is InChI=1S/C15H13Br2ClFNO/c1-20-15(8-3-9(16)5-10(18)4-8)11-6-12(17)13(19)7-14(11)21-2/h3-7,15,20H,1-2H3. The van der Waals surface area contributed by atoms with Crippen LogP contribution < -0.4 is 10.1 Å². The summed E-state index contributed by atoms with van der Waals surface area (Å²) in [6, 6.07) is 8.55. The van der Waals surface area contributed by atoms with Crippen molar-refractivity contribution in [1.29, 1.82) is 0 Å². The Morgan fingerprint density at radius 3 is 2.48 bits per heavy atom. The predicted octanol–water partition coefficient (Wildman–Crippen LogP) is 5.32. The van der Waals surface area contributed by atoms with Crippen LogP contribution in [0.15, 0.2) is 39.3 Å². The molecule has 0 aromatic heterocycles. The Hall–Kier alpha value is -0.620. The maximum atomic E-state index is 13.7. The minimum Gasteiger partial charge on any atom is -0.496 e. The van der Waals surface area contributed by atoms with Crippen molar-refractivity contribution in [2.45, 2.75) is 6.04 Å². The second kappa shape index (κ2) is 7.09. The third-order valence-electron chi connectivity index (χ3n) is 3.09. The van der Waals surface area contributed by atoms with Crippen molar-refractivity contribution in [3.05, 3.63) is 61.2 Å². The lowest BCUT2D eigenvalue weighted by Gasteiger charge is -2.21. The van der Waals surface area contributed by atoms with Gasteiger partial charge in [0, 0.05) is 21.1 Å². The van der Waals surface area contributed by atoms with Gasteiger partial charge in [-0.1, -0.05) is 27.5 Å². The molecule has 0 aliphatic heterocycles. The Balaban J connectivity index is 2.58. The van der Waals surface area contributed by atoms with Crippen molar-refractivity contribution in [2.24, 2.45) is 0 Å². The molecule has 0 aliphatic carbocycles. The first kappa shape index (κ1) is 16.7. The van der Waals surface area contributed by atoms with Crippen LogP contribution in [0.4, 0.5) is 4.39 Å². The second-order valence-corrected chi connectivity index (χ2v) is 6.64. The first-order valence-electron chi connectivity index (χ1n) is 6.12. The summed E-state index contributed by atoms with van der Waals surface area (Å²) >= 11 is 12.8.